The topological polar surface area (TPSA) is 84.9 Å². The lowest BCUT2D eigenvalue weighted by Gasteiger charge is -2.28. The molecule has 0 aliphatic carbocycles. The highest BCUT2D eigenvalue weighted by Crippen LogP contribution is 2.29. The van der Waals surface area contributed by atoms with Crippen molar-refractivity contribution in [1.82, 2.24) is 5.32 Å². The van der Waals surface area contributed by atoms with Crippen molar-refractivity contribution < 1.29 is 24.2 Å². The predicted octanol–water partition coefficient (Wildman–Crippen LogP) is 1.93. The molecule has 0 aromatic heterocycles. The Kier molecular flexibility index (Phi) is 5.18. The second kappa shape index (κ2) is 6.47. The number of carbonyl (C=O) groups is 2. The first-order valence-corrected chi connectivity index (χ1v) is 6.47. The van der Waals surface area contributed by atoms with E-state index in [1.807, 2.05) is 0 Å². The molecule has 116 valence electrons. The molecule has 0 spiro atoms. The van der Waals surface area contributed by atoms with Crippen LogP contribution in [0.2, 0.25) is 0 Å². The van der Waals surface area contributed by atoms with Crippen molar-refractivity contribution in [3.63, 3.8) is 0 Å². The molecule has 1 aromatic carbocycles. The van der Waals surface area contributed by atoms with Crippen molar-refractivity contribution in [3.05, 3.63) is 23.8 Å². The minimum atomic E-state index is -1.09. The van der Waals surface area contributed by atoms with E-state index in [2.05, 4.69) is 5.32 Å². The second-order valence-electron chi connectivity index (χ2n) is 5.65. The van der Waals surface area contributed by atoms with Crippen molar-refractivity contribution in [2.45, 2.75) is 26.8 Å². The van der Waals surface area contributed by atoms with E-state index in [4.69, 9.17) is 9.47 Å². The minimum absolute atomic E-state index is 0.179. The third kappa shape index (κ3) is 3.87. The van der Waals surface area contributed by atoms with Gasteiger partial charge < -0.3 is 19.9 Å². The lowest BCUT2D eigenvalue weighted by Crippen LogP contribution is -2.49. The quantitative estimate of drug-likeness (QED) is 0.867. The highest BCUT2D eigenvalue weighted by atomic mass is 16.5. The van der Waals surface area contributed by atoms with Gasteiger partial charge in [-0.25, -0.2) is 4.79 Å². The largest absolute Gasteiger partial charge is 0.496 e. The van der Waals surface area contributed by atoms with Crippen LogP contribution in [-0.2, 0) is 4.79 Å². The van der Waals surface area contributed by atoms with Gasteiger partial charge in [0.15, 0.2) is 0 Å². The van der Waals surface area contributed by atoms with Crippen LogP contribution < -0.4 is 14.8 Å². The molecule has 6 heteroatoms. The summed E-state index contributed by atoms with van der Waals surface area (Å²) in [6, 6.07) is 3.89. The number of methoxy groups -OCH3 is 2. The summed E-state index contributed by atoms with van der Waals surface area (Å²) in [5.41, 5.74) is -0.450. The molecule has 0 heterocycles. The van der Waals surface area contributed by atoms with Crippen LogP contribution in [0.15, 0.2) is 18.2 Å². The Labute approximate surface area is 124 Å². The fraction of sp³-hybridized carbons (Fsp3) is 0.467. The molecular weight excluding hydrogens is 274 g/mol. The van der Waals surface area contributed by atoms with Gasteiger partial charge >= 0.3 is 5.97 Å². The average Bonchev–Trinajstić information content (AvgIpc) is 2.41. The van der Waals surface area contributed by atoms with E-state index in [9.17, 15) is 14.7 Å². The maximum Gasteiger partial charge on any atom is 0.326 e. The molecule has 0 fully saturated rings. The predicted molar refractivity (Wildman–Crippen MR) is 77.9 cm³/mol. The summed E-state index contributed by atoms with van der Waals surface area (Å²) in [5, 5.41) is 11.8. The standard InChI is InChI=1S/C15H21NO5/c1-15(2,3)12(14(18)19)16-13(17)11-9(20-4)7-6-8-10(11)21-5/h6-8,12H,1-5H3,(H,16,17)(H,18,19)/t12-/m0/s1. The summed E-state index contributed by atoms with van der Waals surface area (Å²) >= 11 is 0. The van der Waals surface area contributed by atoms with Gasteiger partial charge in [-0.1, -0.05) is 26.8 Å². The Hall–Kier alpha value is -2.24. The van der Waals surface area contributed by atoms with Gasteiger partial charge in [0.2, 0.25) is 0 Å². The van der Waals surface area contributed by atoms with E-state index >= 15 is 0 Å². The van der Waals surface area contributed by atoms with Gasteiger partial charge in [0, 0.05) is 0 Å². The Balaban J connectivity index is 3.17. The molecule has 0 bridgehead atoms. The maximum atomic E-state index is 12.4. The molecular formula is C15H21NO5. The number of amides is 1. The molecule has 1 atom stereocenters. The number of rotatable bonds is 5. The summed E-state index contributed by atoms with van der Waals surface area (Å²) in [6.07, 6.45) is 0. The molecule has 0 unspecified atom stereocenters. The summed E-state index contributed by atoms with van der Waals surface area (Å²) in [5.74, 6) is -0.994. The molecule has 0 saturated carbocycles. The lowest BCUT2D eigenvalue weighted by molar-refractivity contribution is -0.142. The fourth-order valence-electron chi connectivity index (χ4n) is 1.93. The number of hydrogen-bond donors (Lipinski definition) is 2. The molecule has 2 N–H and O–H groups in total. The Morgan fingerprint density at radius 3 is 1.95 bits per heavy atom. The minimum Gasteiger partial charge on any atom is -0.496 e. The number of carbonyl (C=O) groups excluding carboxylic acids is 1. The molecule has 21 heavy (non-hydrogen) atoms. The highest BCUT2D eigenvalue weighted by Gasteiger charge is 2.34. The summed E-state index contributed by atoms with van der Waals surface area (Å²) in [6.45, 7) is 5.22. The number of carboxylic acids is 1. The monoisotopic (exact) mass is 295 g/mol. The van der Waals surface area contributed by atoms with Crippen LogP contribution in [-0.4, -0.2) is 37.2 Å². The van der Waals surface area contributed by atoms with E-state index in [-0.39, 0.29) is 5.56 Å². The maximum absolute atomic E-state index is 12.4. The lowest BCUT2D eigenvalue weighted by atomic mass is 9.86. The van der Waals surface area contributed by atoms with Gasteiger partial charge in [-0.05, 0) is 17.5 Å². The van der Waals surface area contributed by atoms with Crippen LogP contribution in [0.4, 0.5) is 0 Å². The van der Waals surface area contributed by atoms with E-state index in [0.29, 0.717) is 11.5 Å². The van der Waals surface area contributed by atoms with Crippen LogP contribution in [0.25, 0.3) is 0 Å². The zero-order valence-electron chi connectivity index (χ0n) is 12.9. The number of nitrogens with one attached hydrogen (secondary N) is 1. The fourth-order valence-corrected chi connectivity index (χ4v) is 1.93. The van der Waals surface area contributed by atoms with E-state index in [1.165, 1.54) is 14.2 Å². The van der Waals surface area contributed by atoms with Crippen LogP contribution >= 0.6 is 0 Å². The number of carboxylic acid groups (broad SMARTS) is 1. The Bertz CT molecular complexity index is 511. The summed E-state index contributed by atoms with van der Waals surface area (Å²) in [7, 11) is 2.87. The normalized spacial score (nSPS) is 12.4. The van der Waals surface area contributed by atoms with Crippen LogP contribution in [0, 0.1) is 5.41 Å². The third-order valence-electron chi connectivity index (χ3n) is 3.04. The first-order valence-electron chi connectivity index (χ1n) is 6.47. The molecule has 0 saturated heterocycles. The summed E-state index contributed by atoms with van der Waals surface area (Å²) < 4.78 is 10.3. The van der Waals surface area contributed by atoms with Crippen molar-refractivity contribution in [2.75, 3.05) is 14.2 Å². The van der Waals surface area contributed by atoms with Gasteiger partial charge in [0.1, 0.15) is 23.1 Å². The zero-order valence-corrected chi connectivity index (χ0v) is 12.9. The number of aliphatic carboxylic acids is 1. The molecule has 0 aliphatic rings. The van der Waals surface area contributed by atoms with Crippen molar-refractivity contribution in [3.8, 4) is 11.5 Å². The van der Waals surface area contributed by atoms with E-state index < -0.39 is 23.3 Å². The smallest absolute Gasteiger partial charge is 0.326 e. The molecule has 1 rings (SSSR count). The number of hydrogen-bond acceptors (Lipinski definition) is 4. The van der Waals surface area contributed by atoms with E-state index in [0.717, 1.165) is 0 Å². The molecule has 1 amide bonds. The zero-order chi connectivity index (χ0) is 16.2. The van der Waals surface area contributed by atoms with Gasteiger partial charge in [0.25, 0.3) is 5.91 Å². The molecule has 1 aromatic rings. The van der Waals surface area contributed by atoms with Crippen LogP contribution in [0.5, 0.6) is 11.5 Å². The molecule has 6 nitrogen and oxygen atoms in total. The van der Waals surface area contributed by atoms with Crippen LogP contribution in [0.1, 0.15) is 31.1 Å². The van der Waals surface area contributed by atoms with E-state index in [1.54, 1.807) is 39.0 Å². The van der Waals surface area contributed by atoms with Gasteiger partial charge in [-0.15, -0.1) is 0 Å². The highest BCUT2D eigenvalue weighted by molar-refractivity contribution is 6.01. The van der Waals surface area contributed by atoms with Crippen LogP contribution in [0.3, 0.4) is 0 Å². The van der Waals surface area contributed by atoms with Gasteiger partial charge in [-0.2, -0.15) is 0 Å². The van der Waals surface area contributed by atoms with Gasteiger partial charge in [0.05, 0.1) is 14.2 Å². The van der Waals surface area contributed by atoms with Crippen molar-refractivity contribution in [2.24, 2.45) is 5.41 Å². The first kappa shape index (κ1) is 16.8. The third-order valence-corrected chi connectivity index (χ3v) is 3.04. The Morgan fingerprint density at radius 2 is 1.62 bits per heavy atom. The average molecular weight is 295 g/mol. The Morgan fingerprint density at radius 1 is 1.14 bits per heavy atom. The molecule has 0 aliphatic heterocycles. The van der Waals surface area contributed by atoms with Crippen molar-refractivity contribution in [1.29, 1.82) is 0 Å². The first-order chi connectivity index (χ1) is 9.72. The summed E-state index contributed by atoms with van der Waals surface area (Å²) in [4.78, 5) is 23.8. The number of benzene rings is 1. The number of ether oxygens (including phenoxy) is 2. The van der Waals surface area contributed by atoms with Gasteiger partial charge in [-0.3, -0.25) is 4.79 Å². The SMILES string of the molecule is COc1cccc(OC)c1C(=O)N[C@@H](C(=O)O)C(C)(C)C. The molecule has 0 radical (unpaired) electrons. The van der Waals surface area contributed by atoms with Crippen molar-refractivity contribution >= 4 is 11.9 Å². The second-order valence-corrected chi connectivity index (χ2v) is 5.65.